The van der Waals surface area contributed by atoms with Gasteiger partial charge in [-0.25, -0.2) is 8.42 Å². The van der Waals surface area contributed by atoms with Crippen LogP contribution in [0.15, 0.2) is 48.5 Å². The molecule has 2 aromatic rings. The van der Waals surface area contributed by atoms with E-state index < -0.39 is 16.1 Å². The standard InChI is InChI=1S/C31H45N3O5S/c1-5-29(31(36)32-26-15-8-7-9-16-26)33(23-25-14-11-10-13-24(25)3)30(35)17-12-22-34(40(4,37)38)27-18-20-28(21-19-27)39-6-2/h10-11,13-14,18-21,26,29H,5-9,12,15-17,22-23H2,1-4H3,(H,32,36)/t29-/m0/s1. The van der Waals surface area contributed by atoms with Gasteiger partial charge in [-0.2, -0.15) is 0 Å². The van der Waals surface area contributed by atoms with Crippen LogP contribution in [-0.2, 0) is 26.2 Å². The summed E-state index contributed by atoms with van der Waals surface area (Å²) in [6.45, 7) is 6.83. The van der Waals surface area contributed by atoms with Crippen LogP contribution < -0.4 is 14.4 Å². The molecular formula is C31H45N3O5S. The average Bonchev–Trinajstić information content (AvgIpc) is 2.92. The van der Waals surface area contributed by atoms with E-state index >= 15 is 0 Å². The second kappa shape index (κ2) is 15.1. The molecule has 0 aromatic heterocycles. The Morgan fingerprint density at radius 3 is 2.30 bits per heavy atom. The van der Waals surface area contributed by atoms with Crippen LogP contribution in [0.25, 0.3) is 0 Å². The van der Waals surface area contributed by atoms with Gasteiger partial charge in [0, 0.05) is 25.6 Å². The van der Waals surface area contributed by atoms with E-state index in [2.05, 4.69) is 5.32 Å². The number of carbonyl (C=O) groups is 2. The van der Waals surface area contributed by atoms with Gasteiger partial charge >= 0.3 is 0 Å². The molecule has 1 aliphatic carbocycles. The van der Waals surface area contributed by atoms with Gasteiger partial charge in [0.2, 0.25) is 21.8 Å². The number of carbonyl (C=O) groups excluding carboxylic acids is 2. The lowest BCUT2D eigenvalue weighted by molar-refractivity contribution is -0.141. The minimum absolute atomic E-state index is 0.108. The Morgan fingerprint density at radius 1 is 1.02 bits per heavy atom. The van der Waals surface area contributed by atoms with Crippen LogP contribution in [0.1, 0.15) is 76.3 Å². The third-order valence-electron chi connectivity index (χ3n) is 7.53. The highest BCUT2D eigenvalue weighted by Crippen LogP contribution is 2.24. The zero-order valence-corrected chi connectivity index (χ0v) is 25.2. The molecule has 0 radical (unpaired) electrons. The van der Waals surface area contributed by atoms with E-state index in [1.54, 1.807) is 29.2 Å². The Labute approximate surface area is 240 Å². The molecule has 9 heteroatoms. The Balaban J connectivity index is 1.75. The maximum Gasteiger partial charge on any atom is 0.243 e. The lowest BCUT2D eigenvalue weighted by atomic mass is 9.95. The highest BCUT2D eigenvalue weighted by Gasteiger charge is 2.30. The van der Waals surface area contributed by atoms with E-state index in [-0.39, 0.29) is 30.8 Å². The molecule has 1 fully saturated rings. The lowest BCUT2D eigenvalue weighted by Gasteiger charge is -2.33. The van der Waals surface area contributed by atoms with Gasteiger partial charge in [-0.1, -0.05) is 50.5 Å². The fourth-order valence-corrected chi connectivity index (χ4v) is 6.28. The number of ether oxygens (including phenoxy) is 1. The molecule has 1 saturated carbocycles. The van der Waals surface area contributed by atoms with Crippen molar-refractivity contribution in [3.63, 3.8) is 0 Å². The minimum Gasteiger partial charge on any atom is -0.494 e. The molecule has 1 atom stereocenters. The minimum atomic E-state index is -3.56. The van der Waals surface area contributed by atoms with E-state index in [4.69, 9.17) is 4.74 Å². The van der Waals surface area contributed by atoms with Crippen molar-refractivity contribution < 1.29 is 22.7 Å². The summed E-state index contributed by atoms with van der Waals surface area (Å²) < 4.78 is 32.0. The molecule has 0 spiro atoms. The van der Waals surface area contributed by atoms with Gasteiger partial charge in [0.15, 0.2) is 0 Å². The second-order valence-corrected chi connectivity index (χ2v) is 12.5. The van der Waals surface area contributed by atoms with Crippen LogP contribution in [0.5, 0.6) is 5.75 Å². The molecule has 3 rings (SSSR count). The SMILES string of the molecule is CCOc1ccc(N(CCCC(=O)N(Cc2ccccc2C)[C@@H](CC)C(=O)NC2CCCCC2)S(C)(=O)=O)cc1. The summed E-state index contributed by atoms with van der Waals surface area (Å²) in [7, 11) is -3.56. The van der Waals surface area contributed by atoms with Gasteiger partial charge in [-0.05, 0) is 74.9 Å². The van der Waals surface area contributed by atoms with E-state index in [9.17, 15) is 18.0 Å². The normalized spacial score (nSPS) is 14.8. The molecule has 0 bridgehead atoms. The lowest BCUT2D eigenvalue weighted by Crippen LogP contribution is -2.51. The monoisotopic (exact) mass is 571 g/mol. The van der Waals surface area contributed by atoms with E-state index in [0.29, 0.717) is 37.4 Å². The predicted molar refractivity (Wildman–Crippen MR) is 160 cm³/mol. The number of rotatable bonds is 14. The highest BCUT2D eigenvalue weighted by atomic mass is 32.2. The van der Waals surface area contributed by atoms with Gasteiger partial charge in [-0.15, -0.1) is 0 Å². The van der Waals surface area contributed by atoms with Crippen molar-refractivity contribution in [2.45, 2.75) is 90.8 Å². The zero-order chi connectivity index (χ0) is 29.1. The van der Waals surface area contributed by atoms with Crippen LogP contribution in [0.2, 0.25) is 0 Å². The third kappa shape index (κ3) is 8.98. The third-order valence-corrected chi connectivity index (χ3v) is 8.72. The zero-order valence-electron chi connectivity index (χ0n) is 24.4. The Hall–Kier alpha value is -3.07. The number of amides is 2. The summed E-state index contributed by atoms with van der Waals surface area (Å²) >= 11 is 0. The summed E-state index contributed by atoms with van der Waals surface area (Å²) in [4.78, 5) is 28.8. The van der Waals surface area contributed by atoms with Crippen LogP contribution in [0.3, 0.4) is 0 Å². The fraction of sp³-hybridized carbons (Fsp3) is 0.548. The number of aryl methyl sites for hydroxylation is 1. The molecule has 1 aliphatic rings. The number of hydrogen-bond donors (Lipinski definition) is 1. The molecule has 2 amide bonds. The summed E-state index contributed by atoms with van der Waals surface area (Å²) in [6.07, 6.45) is 7.48. The maximum atomic E-state index is 13.7. The van der Waals surface area contributed by atoms with Crippen molar-refractivity contribution in [1.29, 1.82) is 0 Å². The smallest absolute Gasteiger partial charge is 0.243 e. The highest BCUT2D eigenvalue weighted by molar-refractivity contribution is 7.92. The van der Waals surface area contributed by atoms with Crippen molar-refractivity contribution in [1.82, 2.24) is 10.2 Å². The van der Waals surface area contributed by atoms with E-state index in [1.807, 2.05) is 45.0 Å². The average molecular weight is 572 g/mol. The molecule has 8 nitrogen and oxygen atoms in total. The first kappa shape index (κ1) is 31.5. The summed E-state index contributed by atoms with van der Waals surface area (Å²) in [5.41, 5.74) is 2.57. The summed E-state index contributed by atoms with van der Waals surface area (Å²) in [5, 5.41) is 3.20. The van der Waals surface area contributed by atoms with Crippen LogP contribution in [-0.4, -0.2) is 56.6 Å². The van der Waals surface area contributed by atoms with E-state index in [0.717, 1.165) is 36.8 Å². The Kier molecular flexibility index (Phi) is 11.9. The van der Waals surface area contributed by atoms with Gasteiger partial charge in [0.1, 0.15) is 11.8 Å². The molecule has 0 heterocycles. The van der Waals surface area contributed by atoms with Crippen molar-refractivity contribution in [3.05, 3.63) is 59.7 Å². The first-order valence-electron chi connectivity index (χ1n) is 14.5. The maximum absolute atomic E-state index is 13.7. The molecule has 0 aliphatic heterocycles. The summed E-state index contributed by atoms with van der Waals surface area (Å²) in [5.74, 6) is 0.399. The van der Waals surface area contributed by atoms with Crippen LogP contribution >= 0.6 is 0 Å². The van der Waals surface area contributed by atoms with Gasteiger partial charge in [0.05, 0.1) is 18.6 Å². The van der Waals surface area contributed by atoms with Crippen LogP contribution in [0, 0.1) is 6.92 Å². The molecule has 0 saturated heterocycles. The molecule has 1 N–H and O–H groups in total. The second-order valence-electron chi connectivity index (χ2n) is 10.6. The Bertz CT molecular complexity index is 1210. The van der Waals surface area contributed by atoms with E-state index in [1.165, 1.54) is 17.0 Å². The van der Waals surface area contributed by atoms with Gasteiger partial charge in [0.25, 0.3) is 0 Å². The number of nitrogens with one attached hydrogen (secondary N) is 1. The number of benzene rings is 2. The molecular weight excluding hydrogens is 526 g/mol. The first-order chi connectivity index (χ1) is 19.1. The fourth-order valence-electron chi connectivity index (χ4n) is 5.31. The van der Waals surface area contributed by atoms with Gasteiger partial charge < -0.3 is 15.0 Å². The number of sulfonamides is 1. The summed E-state index contributed by atoms with van der Waals surface area (Å²) in [6, 6.07) is 14.3. The van der Waals surface area contributed by atoms with Crippen molar-refractivity contribution in [2.24, 2.45) is 0 Å². The molecule has 40 heavy (non-hydrogen) atoms. The largest absolute Gasteiger partial charge is 0.494 e. The van der Waals surface area contributed by atoms with Crippen LogP contribution in [0.4, 0.5) is 5.69 Å². The Morgan fingerprint density at radius 2 is 1.70 bits per heavy atom. The van der Waals surface area contributed by atoms with Crippen molar-refractivity contribution >= 4 is 27.5 Å². The predicted octanol–water partition coefficient (Wildman–Crippen LogP) is 5.20. The van der Waals surface area contributed by atoms with Crippen molar-refractivity contribution in [2.75, 3.05) is 23.7 Å². The molecule has 2 aromatic carbocycles. The molecule has 0 unspecified atom stereocenters. The quantitative estimate of drug-likeness (QED) is 0.336. The number of nitrogens with zero attached hydrogens (tertiary/aromatic N) is 2. The number of anilines is 1. The first-order valence-corrected chi connectivity index (χ1v) is 16.3. The van der Waals surface area contributed by atoms with Crippen molar-refractivity contribution in [3.8, 4) is 5.75 Å². The van der Waals surface area contributed by atoms with Gasteiger partial charge in [-0.3, -0.25) is 13.9 Å². The molecule has 220 valence electrons. The number of hydrogen-bond acceptors (Lipinski definition) is 5. The topological polar surface area (TPSA) is 96.0 Å².